The van der Waals surface area contributed by atoms with E-state index in [1.807, 2.05) is 35.7 Å². The highest BCUT2D eigenvalue weighted by molar-refractivity contribution is 7.12. The molecule has 0 bridgehead atoms. The Bertz CT molecular complexity index is 808. The van der Waals surface area contributed by atoms with Crippen LogP contribution in [0.3, 0.4) is 0 Å². The van der Waals surface area contributed by atoms with Gasteiger partial charge >= 0.3 is 0 Å². The lowest BCUT2D eigenvalue weighted by Crippen LogP contribution is -2.24. The van der Waals surface area contributed by atoms with Gasteiger partial charge in [0.25, 0.3) is 5.91 Å². The van der Waals surface area contributed by atoms with Crippen molar-refractivity contribution in [3.63, 3.8) is 0 Å². The molecule has 132 valence electrons. The average Bonchev–Trinajstić information content (AvgIpc) is 3.28. The molecule has 0 aliphatic carbocycles. The van der Waals surface area contributed by atoms with Crippen molar-refractivity contribution in [1.82, 2.24) is 14.9 Å². The number of thiophene rings is 1. The Labute approximate surface area is 152 Å². The predicted molar refractivity (Wildman–Crippen MR) is 104 cm³/mol. The molecule has 0 fully saturated rings. The molecule has 0 aliphatic heterocycles. The molecular weight excluding hydrogens is 330 g/mol. The molecule has 25 heavy (non-hydrogen) atoms. The van der Waals surface area contributed by atoms with E-state index in [1.54, 1.807) is 0 Å². The molecule has 2 heterocycles. The van der Waals surface area contributed by atoms with Crippen LogP contribution in [-0.2, 0) is 13.1 Å². The van der Waals surface area contributed by atoms with Crippen molar-refractivity contribution in [3.8, 4) is 0 Å². The van der Waals surface area contributed by atoms with E-state index in [4.69, 9.17) is 4.98 Å². The van der Waals surface area contributed by atoms with Gasteiger partial charge in [-0.25, -0.2) is 4.98 Å². The molecule has 0 aliphatic rings. The summed E-state index contributed by atoms with van der Waals surface area (Å²) in [6, 6.07) is 11.9. The number of carbonyl (C=O) groups excluding carboxylic acids is 1. The number of amides is 1. The second kappa shape index (κ2) is 8.81. The third-order valence-electron chi connectivity index (χ3n) is 4.37. The monoisotopic (exact) mass is 355 g/mol. The summed E-state index contributed by atoms with van der Waals surface area (Å²) in [6.07, 6.45) is 6.23. The van der Waals surface area contributed by atoms with Crippen LogP contribution < -0.4 is 5.32 Å². The maximum atomic E-state index is 12.2. The number of carbonyl (C=O) groups is 1. The SMILES string of the molecule is CCCCCCCn1c(CNC(=O)c2cccs2)nc2ccccc21. The quantitative estimate of drug-likeness (QED) is 0.549. The molecule has 0 radical (unpaired) electrons. The van der Waals surface area contributed by atoms with E-state index in [0.717, 1.165) is 34.7 Å². The first-order chi connectivity index (χ1) is 12.3. The van der Waals surface area contributed by atoms with Crippen molar-refractivity contribution in [2.45, 2.75) is 52.1 Å². The zero-order chi connectivity index (χ0) is 17.5. The van der Waals surface area contributed by atoms with Gasteiger partial charge in [-0.15, -0.1) is 11.3 Å². The molecule has 3 aromatic rings. The van der Waals surface area contributed by atoms with Gasteiger partial charge in [0.1, 0.15) is 5.82 Å². The number of hydrogen-bond acceptors (Lipinski definition) is 3. The Balaban J connectivity index is 1.70. The average molecular weight is 356 g/mol. The summed E-state index contributed by atoms with van der Waals surface area (Å²) in [5.74, 6) is 0.901. The number of fused-ring (bicyclic) bond motifs is 1. The van der Waals surface area contributed by atoms with Crippen LogP contribution >= 0.6 is 11.3 Å². The molecule has 5 heteroatoms. The fraction of sp³-hybridized carbons (Fsp3) is 0.400. The molecule has 4 nitrogen and oxygen atoms in total. The molecule has 0 unspecified atom stereocenters. The Kier molecular flexibility index (Phi) is 6.23. The van der Waals surface area contributed by atoms with Gasteiger partial charge in [-0.1, -0.05) is 50.8 Å². The van der Waals surface area contributed by atoms with Crippen LogP contribution in [0.4, 0.5) is 0 Å². The van der Waals surface area contributed by atoms with Crippen LogP contribution in [0.15, 0.2) is 41.8 Å². The van der Waals surface area contributed by atoms with Crippen molar-refractivity contribution in [3.05, 3.63) is 52.5 Å². The van der Waals surface area contributed by atoms with Crippen LogP contribution in [0.1, 0.15) is 54.5 Å². The van der Waals surface area contributed by atoms with Crippen LogP contribution in [-0.4, -0.2) is 15.5 Å². The van der Waals surface area contributed by atoms with E-state index in [1.165, 1.54) is 37.0 Å². The summed E-state index contributed by atoms with van der Waals surface area (Å²) in [6.45, 7) is 3.65. The number of nitrogens with one attached hydrogen (secondary N) is 1. The lowest BCUT2D eigenvalue weighted by Gasteiger charge is -2.10. The van der Waals surface area contributed by atoms with Gasteiger partial charge in [0.2, 0.25) is 0 Å². The van der Waals surface area contributed by atoms with Crippen molar-refractivity contribution >= 4 is 28.3 Å². The minimum absolute atomic E-state index is 0.0310. The van der Waals surface area contributed by atoms with Crippen molar-refractivity contribution in [2.24, 2.45) is 0 Å². The fourth-order valence-electron chi connectivity index (χ4n) is 3.04. The number of para-hydroxylation sites is 2. The molecular formula is C20H25N3OS. The minimum Gasteiger partial charge on any atom is -0.344 e. The Morgan fingerprint density at radius 3 is 2.76 bits per heavy atom. The van der Waals surface area contributed by atoms with E-state index >= 15 is 0 Å². The highest BCUT2D eigenvalue weighted by Crippen LogP contribution is 2.18. The molecule has 0 atom stereocenters. The van der Waals surface area contributed by atoms with Crippen LogP contribution in [0.5, 0.6) is 0 Å². The van der Waals surface area contributed by atoms with Gasteiger partial charge in [0, 0.05) is 6.54 Å². The number of unbranched alkanes of at least 4 members (excludes halogenated alkanes) is 4. The zero-order valence-corrected chi connectivity index (χ0v) is 15.5. The molecule has 2 aromatic heterocycles. The number of nitrogens with zero attached hydrogens (tertiary/aromatic N) is 2. The third kappa shape index (κ3) is 4.48. The summed E-state index contributed by atoms with van der Waals surface area (Å²) in [7, 11) is 0. The van der Waals surface area contributed by atoms with Gasteiger partial charge in [0.15, 0.2) is 0 Å². The Hall–Kier alpha value is -2.14. The molecule has 1 aromatic carbocycles. The molecule has 1 N–H and O–H groups in total. The minimum atomic E-state index is -0.0310. The van der Waals surface area contributed by atoms with Crippen LogP contribution in [0.2, 0.25) is 0 Å². The lowest BCUT2D eigenvalue weighted by atomic mass is 10.1. The Morgan fingerprint density at radius 1 is 1.12 bits per heavy atom. The normalized spacial score (nSPS) is 11.1. The molecule has 1 amide bonds. The highest BCUT2D eigenvalue weighted by atomic mass is 32.1. The first-order valence-electron chi connectivity index (χ1n) is 9.05. The first-order valence-corrected chi connectivity index (χ1v) is 9.93. The summed E-state index contributed by atoms with van der Waals surface area (Å²) in [5, 5.41) is 4.92. The first kappa shape index (κ1) is 17.7. The second-order valence-corrected chi connectivity index (χ2v) is 7.19. The highest BCUT2D eigenvalue weighted by Gasteiger charge is 2.12. The van der Waals surface area contributed by atoms with Gasteiger partial charge in [-0.05, 0) is 30.0 Å². The van der Waals surface area contributed by atoms with Gasteiger partial charge in [-0.3, -0.25) is 4.79 Å². The Morgan fingerprint density at radius 2 is 1.96 bits per heavy atom. The van der Waals surface area contributed by atoms with E-state index in [-0.39, 0.29) is 5.91 Å². The number of benzene rings is 1. The summed E-state index contributed by atoms with van der Waals surface area (Å²) in [4.78, 5) is 17.7. The van der Waals surface area contributed by atoms with E-state index in [0.29, 0.717) is 6.54 Å². The summed E-state index contributed by atoms with van der Waals surface area (Å²) in [5.41, 5.74) is 2.15. The predicted octanol–water partition coefficient (Wildman–Crippen LogP) is 5.00. The molecule has 0 saturated carbocycles. The fourth-order valence-corrected chi connectivity index (χ4v) is 3.68. The maximum Gasteiger partial charge on any atom is 0.261 e. The number of aromatic nitrogens is 2. The number of hydrogen-bond donors (Lipinski definition) is 1. The van der Waals surface area contributed by atoms with E-state index in [9.17, 15) is 4.79 Å². The maximum absolute atomic E-state index is 12.2. The van der Waals surface area contributed by atoms with Crippen molar-refractivity contribution in [1.29, 1.82) is 0 Å². The largest absolute Gasteiger partial charge is 0.344 e. The number of imidazole rings is 1. The molecule has 0 saturated heterocycles. The van der Waals surface area contributed by atoms with E-state index in [2.05, 4.69) is 22.9 Å². The second-order valence-electron chi connectivity index (χ2n) is 6.24. The van der Waals surface area contributed by atoms with E-state index < -0.39 is 0 Å². The van der Waals surface area contributed by atoms with Gasteiger partial charge < -0.3 is 9.88 Å². The van der Waals surface area contributed by atoms with Gasteiger partial charge in [0.05, 0.1) is 22.5 Å². The summed E-state index contributed by atoms with van der Waals surface area (Å²) < 4.78 is 2.26. The smallest absolute Gasteiger partial charge is 0.261 e. The van der Waals surface area contributed by atoms with Crippen molar-refractivity contribution in [2.75, 3.05) is 0 Å². The van der Waals surface area contributed by atoms with Gasteiger partial charge in [-0.2, -0.15) is 0 Å². The molecule has 3 rings (SSSR count). The van der Waals surface area contributed by atoms with Crippen LogP contribution in [0.25, 0.3) is 11.0 Å². The summed E-state index contributed by atoms with van der Waals surface area (Å²) >= 11 is 1.46. The topological polar surface area (TPSA) is 46.9 Å². The molecule has 0 spiro atoms. The van der Waals surface area contributed by atoms with Crippen LogP contribution in [0, 0.1) is 0 Å². The number of aryl methyl sites for hydroxylation is 1. The zero-order valence-electron chi connectivity index (χ0n) is 14.7. The van der Waals surface area contributed by atoms with Crippen molar-refractivity contribution < 1.29 is 4.79 Å². The lowest BCUT2D eigenvalue weighted by molar-refractivity contribution is 0.0953. The number of rotatable bonds is 9. The third-order valence-corrected chi connectivity index (χ3v) is 5.24. The standard InChI is InChI=1S/C20H25N3OS/c1-2-3-4-5-8-13-23-17-11-7-6-10-16(17)22-19(23)15-21-20(24)18-12-9-14-25-18/h6-7,9-12,14H,2-5,8,13,15H2,1H3,(H,21,24).